The molecule has 4 aromatic rings. The van der Waals surface area contributed by atoms with Gasteiger partial charge in [0.1, 0.15) is 0 Å². The van der Waals surface area contributed by atoms with Gasteiger partial charge in [-0.05, 0) is 25.1 Å². The van der Waals surface area contributed by atoms with E-state index >= 15 is 0 Å². The predicted molar refractivity (Wildman–Crippen MR) is 115 cm³/mol. The fourth-order valence-electron chi connectivity index (χ4n) is 3.07. The van der Waals surface area contributed by atoms with Crippen LogP contribution in [-0.2, 0) is 0 Å². The molecule has 0 atom stereocenters. The molecule has 0 N–H and O–H groups in total. The molecule has 5 heteroatoms. The van der Waals surface area contributed by atoms with Gasteiger partial charge in [-0.2, -0.15) is 0 Å². The molecule has 136 valence electrons. The number of fused-ring (bicyclic) bond motifs is 1. The highest BCUT2D eigenvalue weighted by Gasteiger charge is 2.17. The molecule has 2 aromatic heterocycles. The van der Waals surface area contributed by atoms with Crippen molar-refractivity contribution in [2.45, 2.75) is 30.9 Å². The molecular weight excluding hydrogens is 374 g/mol. The van der Waals surface area contributed by atoms with Crippen molar-refractivity contribution in [1.82, 2.24) is 14.4 Å². The summed E-state index contributed by atoms with van der Waals surface area (Å²) in [6.45, 7) is 6.42. The summed E-state index contributed by atoms with van der Waals surface area (Å²) in [7, 11) is 0. The van der Waals surface area contributed by atoms with Crippen LogP contribution < -0.4 is 0 Å². The summed E-state index contributed by atoms with van der Waals surface area (Å²) in [5, 5.41) is 1.24. The zero-order chi connectivity index (χ0) is 19.0. The molecule has 0 saturated heterocycles. The van der Waals surface area contributed by atoms with E-state index in [1.54, 1.807) is 18.0 Å². The average molecular weight is 394 g/mol. The van der Waals surface area contributed by atoms with Gasteiger partial charge in [-0.25, -0.2) is 9.97 Å². The zero-order valence-corrected chi connectivity index (χ0v) is 17.1. The minimum Gasteiger partial charge on any atom is -0.283 e. The second kappa shape index (κ2) is 7.37. The Morgan fingerprint density at radius 1 is 1.04 bits per heavy atom. The highest BCUT2D eigenvalue weighted by molar-refractivity contribution is 8.00. The number of thioether (sulfide) groups is 1. The van der Waals surface area contributed by atoms with Crippen LogP contribution in [0.2, 0.25) is 5.02 Å². The largest absolute Gasteiger partial charge is 0.283 e. The Labute approximate surface area is 168 Å². The third kappa shape index (κ3) is 3.60. The van der Waals surface area contributed by atoms with Crippen LogP contribution in [0.3, 0.4) is 0 Å². The number of imidazole rings is 1. The number of rotatable bonds is 4. The molecule has 0 spiro atoms. The van der Waals surface area contributed by atoms with Crippen molar-refractivity contribution in [3.8, 4) is 22.5 Å². The van der Waals surface area contributed by atoms with E-state index in [1.165, 1.54) is 5.56 Å². The summed E-state index contributed by atoms with van der Waals surface area (Å²) in [5.41, 5.74) is 5.24. The Kier molecular flexibility index (Phi) is 4.94. The van der Waals surface area contributed by atoms with Crippen LogP contribution in [0, 0.1) is 6.92 Å². The summed E-state index contributed by atoms with van der Waals surface area (Å²) in [4.78, 5) is 10.3. The summed E-state index contributed by atoms with van der Waals surface area (Å²) >= 11 is 8.34. The van der Waals surface area contributed by atoms with E-state index in [9.17, 15) is 0 Å². The Morgan fingerprint density at radius 3 is 2.48 bits per heavy atom. The monoisotopic (exact) mass is 393 g/mol. The van der Waals surface area contributed by atoms with Gasteiger partial charge in [0.25, 0.3) is 0 Å². The highest BCUT2D eigenvalue weighted by Crippen LogP contribution is 2.37. The maximum Gasteiger partial charge on any atom is 0.234 e. The molecule has 2 heterocycles. The summed E-state index contributed by atoms with van der Waals surface area (Å²) in [6.07, 6.45) is 3.76. The molecule has 0 aliphatic heterocycles. The standard InChI is InChI=1S/C22H20ClN3S/c1-14(2)27-19-10-9-17(13-18(19)23)20-21(16-7-5-15(3)6-8-16)26-12-4-11-24-22(26)25-20/h4-14H,1-3H3. The maximum atomic E-state index is 6.57. The Bertz CT molecular complexity index is 1100. The quantitative estimate of drug-likeness (QED) is 0.369. The average Bonchev–Trinajstić information content (AvgIpc) is 3.03. The van der Waals surface area contributed by atoms with Crippen LogP contribution in [0.15, 0.2) is 65.8 Å². The topological polar surface area (TPSA) is 30.2 Å². The van der Waals surface area contributed by atoms with Gasteiger partial charge in [0, 0.05) is 33.7 Å². The number of aromatic nitrogens is 3. The van der Waals surface area contributed by atoms with Gasteiger partial charge in [0.15, 0.2) is 0 Å². The molecule has 0 radical (unpaired) electrons. The first-order valence-corrected chi connectivity index (χ1v) is 10.2. The van der Waals surface area contributed by atoms with Crippen molar-refractivity contribution in [2.24, 2.45) is 0 Å². The molecule has 0 fully saturated rings. The predicted octanol–water partition coefficient (Wildman–Crippen LogP) is 6.53. The molecule has 27 heavy (non-hydrogen) atoms. The number of aryl methyl sites for hydroxylation is 1. The molecule has 0 aliphatic carbocycles. The van der Waals surface area contributed by atoms with Crippen molar-refractivity contribution < 1.29 is 0 Å². The zero-order valence-electron chi connectivity index (χ0n) is 15.5. The van der Waals surface area contributed by atoms with Gasteiger partial charge in [0.2, 0.25) is 5.78 Å². The SMILES string of the molecule is Cc1ccc(-c2c(-c3ccc(SC(C)C)c(Cl)c3)nc3ncccn23)cc1. The lowest BCUT2D eigenvalue weighted by molar-refractivity contribution is 1.11. The van der Waals surface area contributed by atoms with Crippen molar-refractivity contribution in [1.29, 1.82) is 0 Å². The van der Waals surface area contributed by atoms with E-state index in [2.05, 4.69) is 62.2 Å². The van der Waals surface area contributed by atoms with E-state index in [0.717, 1.165) is 32.4 Å². The van der Waals surface area contributed by atoms with E-state index in [-0.39, 0.29) is 0 Å². The van der Waals surface area contributed by atoms with Crippen molar-refractivity contribution in [3.63, 3.8) is 0 Å². The number of hydrogen-bond acceptors (Lipinski definition) is 3. The minimum atomic E-state index is 0.482. The van der Waals surface area contributed by atoms with Crippen LogP contribution >= 0.6 is 23.4 Å². The summed E-state index contributed by atoms with van der Waals surface area (Å²) in [5.74, 6) is 0.680. The van der Waals surface area contributed by atoms with Crippen molar-refractivity contribution in [2.75, 3.05) is 0 Å². The van der Waals surface area contributed by atoms with Crippen LogP contribution in [-0.4, -0.2) is 19.6 Å². The van der Waals surface area contributed by atoms with Gasteiger partial charge < -0.3 is 0 Å². The number of nitrogens with zero attached hydrogens (tertiary/aromatic N) is 3. The lowest BCUT2D eigenvalue weighted by Crippen LogP contribution is -1.91. The van der Waals surface area contributed by atoms with Crippen LogP contribution in [0.25, 0.3) is 28.3 Å². The first kappa shape index (κ1) is 18.1. The summed E-state index contributed by atoms with van der Waals surface area (Å²) < 4.78 is 2.03. The fourth-order valence-corrected chi connectivity index (χ4v) is 4.21. The molecule has 0 unspecified atom stereocenters. The highest BCUT2D eigenvalue weighted by atomic mass is 35.5. The molecule has 3 nitrogen and oxygen atoms in total. The van der Waals surface area contributed by atoms with Crippen LogP contribution in [0.5, 0.6) is 0 Å². The lowest BCUT2D eigenvalue weighted by Gasteiger charge is -2.10. The van der Waals surface area contributed by atoms with Gasteiger partial charge in [-0.1, -0.05) is 61.3 Å². The normalized spacial score (nSPS) is 11.4. The first-order chi connectivity index (χ1) is 13.0. The van der Waals surface area contributed by atoms with Crippen molar-refractivity contribution in [3.05, 3.63) is 71.5 Å². The third-order valence-corrected chi connectivity index (χ3v) is 5.80. The van der Waals surface area contributed by atoms with E-state index in [1.807, 2.05) is 22.7 Å². The Balaban J connectivity index is 1.90. The van der Waals surface area contributed by atoms with Gasteiger partial charge >= 0.3 is 0 Å². The number of benzene rings is 2. The first-order valence-electron chi connectivity index (χ1n) is 8.89. The minimum absolute atomic E-state index is 0.482. The molecule has 0 saturated carbocycles. The van der Waals surface area contributed by atoms with Crippen LogP contribution in [0.4, 0.5) is 0 Å². The maximum absolute atomic E-state index is 6.57. The van der Waals surface area contributed by atoms with Gasteiger partial charge in [-0.3, -0.25) is 4.40 Å². The second-order valence-electron chi connectivity index (χ2n) is 6.78. The molecular formula is C22H20ClN3S. The van der Waals surface area contributed by atoms with E-state index in [0.29, 0.717) is 11.0 Å². The molecule has 0 bridgehead atoms. The summed E-state index contributed by atoms with van der Waals surface area (Å²) in [6, 6.07) is 16.6. The smallest absolute Gasteiger partial charge is 0.234 e. The second-order valence-corrected chi connectivity index (χ2v) is 8.80. The molecule has 0 aliphatic rings. The fraction of sp³-hybridized carbons (Fsp3) is 0.182. The van der Waals surface area contributed by atoms with Crippen LogP contribution in [0.1, 0.15) is 19.4 Å². The Hall–Kier alpha value is -2.30. The van der Waals surface area contributed by atoms with E-state index in [4.69, 9.17) is 16.6 Å². The third-order valence-electron chi connectivity index (χ3n) is 4.30. The van der Waals surface area contributed by atoms with E-state index < -0.39 is 0 Å². The lowest BCUT2D eigenvalue weighted by atomic mass is 10.0. The molecule has 4 rings (SSSR count). The molecule has 2 aromatic carbocycles. The van der Waals surface area contributed by atoms with Gasteiger partial charge in [0.05, 0.1) is 16.4 Å². The molecule has 0 amide bonds. The van der Waals surface area contributed by atoms with Crippen molar-refractivity contribution >= 4 is 29.1 Å². The number of hydrogen-bond donors (Lipinski definition) is 0. The Morgan fingerprint density at radius 2 is 1.78 bits per heavy atom. The van der Waals surface area contributed by atoms with Gasteiger partial charge in [-0.15, -0.1) is 11.8 Å². The number of halogens is 1.